The van der Waals surface area contributed by atoms with Crippen LogP contribution in [-0.2, 0) is 4.79 Å². The van der Waals surface area contributed by atoms with E-state index in [9.17, 15) is 9.59 Å². The molecule has 0 aromatic heterocycles. The van der Waals surface area contributed by atoms with Crippen LogP contribution >= 0.6 is 0 Å². The number of rotatable bonds is 4. The van der Waals surface area contributed by atoms with Crippen molar-refractivity contribution < 1.29 is 9.59 Å². The van der Waals surface area contributed by atoms with Crippen molar-refractivity contribution in [1.82, 2.24) is 9.80 Å². The second kappa shape index (κ2) is 7.22. The highest BCUT2D eigenvalue weighted by atomic mass is 16.2. The van der Waals surface area contributed by atoms with Gasteiger partial charge in [-0.25, -0.2) is 0 Å². The lowest BCUT2D eigenvalue weighted by atomic mass is 10.1. The number of amides is 2. The Morgan fingerprint density at radius 2 is 1.86 bits per heavy atom. The summed E-state index contributed by atoms with van der Waals surface area (Å²) in [5.41, 5.74) is 1.31. The molecular formula is C16H23N3O2. The van der Waals surface area contributed by atoms with Crippen LogP contribution in [0.4, 0.5) is 5.69 Å². The molecular weight excluding hydrogens is 266 g/mol. The fourth-order valence-electron chi connectivity index (χ4n) is 2.43. The first-order chi connectivity index (χ1) is 10.1. The van der Waals surface area contributed by atoms with Crippen LogP contribution in [0.1, 0.15) is 30.6 Å². The van der Waals surface area contributed by atoms with Gasteiger partial charge in [0.15, 0.2) is 0 Å². The molecule has 0 bridgehead atoms. The summed E-state index contributed by atoms with van der Waals surface area (Å²) < 4.78 is 0. The van der Waals surface area contributed by atoms with Crippen LogP contribution in [0.5, 0.6) is 0 Å². The number of carbonyl (C=O) groups is 2. The molecule has 5 nitrogen and oxygen atoms in total. The summed E-state index contributed by atoms with van der Waals surface area (Å²) in [7, 11) is 0. The number of piperazine rings is 1. The Bertz CT molecular complexity index is 508. The molecule has 5 heteroatoms. The van der Waals surface area contributed by atoms with Gasteiger partial charge in [0.05, 0.1) is 0 Å². The highest BCUT2D eigenvalue weighted by molar-refractivity contribution is 5.97. The maximum absolute atomic E-state index is 12.5. The van der Waals surface area contributed by atoms with E-state index in [-0.39, 0.29) is 11.8 Å². The third-order valence-electron chi connectivity index (χ3n) is 3.82. The van der Waals surface area contributed by atoms with Crippen molar-refractivity contribution in [1.29, 1.82) is 0 Å². The quantitative estimate of drug-likeness (QED) is 0.920. The van der Waals surface area contributed by atoms with Gasteiger partial charge < -0.3 is 15.1 Å². The summed E-state index contributed by atoms with van der Waals surface area (Å²) in [5.74, 6) is -0.00508. The summed E-state index contributed by atoms with van der Waals surface area (Å²) in [6.45, 7) is 8.34. The molecule has 1 fully saturated rings. The van der Waals surface area contributed by atoms with Gasteiger partial charge in [0.2, 0.25) is 5.91 Å². The Hall–Kier alpha value is -1.88. The van der Waals surface area contributed by atoms with Gasteiger partial charge in [0, 0.05) is 43.9 Å². The highest BCUT2D eigenvalue weighted by Gasteiger charge is 2.21. The van der Waals surface area contributed by atoms with Gasteiger partial charge >= 0.3 is 0 Å². The van der Waals surface area contributed by atoms with Gasteiger partial charge in [-0.2, -0.15) is 0 Å². The third-order valence-corrected chi connectivity index (χ3v) is 3.82. The van der Waals surface area contributed by atoms with Gasteiger partial charge in [-0.15, -0.1) is 0 Å². The summed E-state index contributed by atoms with van der Waals surface area (Å²) in [6.07, 6.45) is 0.428. The van der Waals surface area contributed by atoms with Crippen molar-refractivity contribution in [2.24, 2.45) is 0 Å². The smallest absolute Gasteiger partial charge is 0.254 e. The first-order valence-electron chi connectivity index (χ1n) is 7.55. The Balaban J connectivity index is 2.02. The molecule has 114 valence electrons. The van der Waals surface area contributed by atoms with Crippen molar-refractivity contribution in [3.63, 3.8) is 0 Å². The van der Waals surface area contributed by atoms with Gasteiger partial charge in [-0.1, -0.05) is 19.9 Å². The molecule has 1 aliphatic heterocycles. The van der Waals surface area contributed by atoms with E-state index in [1.807, 2.05) is 4.90 Å². The van der Waals surface area contributed by atoms with Crippen LogP contribution in [0.15, 0.2) is 24.3 Å². The fourth-order valence-corrected chi connectivity index (χ4v) is 2.43. The lowest BCUT2D eigenvalue weighted by Crippen LogP contribution is -2.48. The fraction of sp³-hybridized carbons (Fsp3) is 0.500. The van der Waals surface area contributed by atoms with E-state index in [4.69, 9.17) is 0 Å². The molecule has 0 atom stereocenters. The molecule has 1 aromatic carbocycles. The van der Waals surface area contributed by atoms with Crippen LogP contribution in [0.2, 0.25) is 0 Å². The number of hydrogen-bond acceptors (Lipinski definition) is 3. The molecule has 21 heavy (non-hydrogen) atoms. The number of nitrogens with zero attached hydrogens (tertiary/aromatic N) is 2. The zero-order chi connectivity index (χ0) is 15.2. The molecule has 2 rings (SSSR count). The summed E-state index contributed by atoms with van der Waals surface area (Å²) in [5, 5.41) is 2.79. The van der Waals surface area contributed by atoms with Crippen molar-refractivity contribution >= 4 is 17.5 Å². The molecule has 1 saturated heterocycles. The minimum Gasteiger partial charge on any atom is -0.336 e. The minimum absolute atomic E-state index is 0.0401. The van der Waals surface area contributed by atoms with Gasteiger partial charge in [-0.05, 0) is 24.7 Å². The molecule has 1 heterocycles. The summed E-state index contributed by atoms with van der Waals surface area (Å²) in [6, 6.07) is 7.17. The van der Waals surface area contributed by atoms with E-state index < -0.39 is 0 Å². The van der Waals surface area contributed by atoms with E-state index in [1.54, 1.807) is 31.2 Å². The van der Waals surface area contributed by atoms with E-state index in [0.717, 1.165) is 32.7 Å². The topological polar surface area (TPSA) is 52.7 Å². The van der Waals surface area contributed by atoms with Crippen molar-refractivity contribution in [2.45, 2.75) is 20.3 Å². The van der Waals surface area contributed by atoms with Gasteiger partial charge in [0.1, 0.15) is 0 Å². The van der Waals surface area contributed by atoms with Crippen molar-refractivity contribution in [3.8, 4) is 0 Å². The maximum Gasteiger partial charge on any atom is 0.254 e. The molecule has 2 amide bonds. The van der Waals surface area contributed by atoms with Crippen LogP contribution in [0, 0.1) is 0 Å². The largest absolute Gasteiger partial charge is 0.336 e. The van der Waals surface area contributed by atoms with E-state index in [1.165, 1.54) is 0 Å². The van der Waals surface area contributed by atoms with Gasteiger partial charge in [0.25, 0.3) is 5.91 Å². The molecule has 1 aromatic rings. The predicted molar refractivity (Wildman–Crippen MR) is 83.4 cm³/mol. The molecule has 0 unspecified atom stereocenters. The second-order valence-electron chi connectivity index (χ2n) is 5.21. The molecule has 0 aliphatic carbocycles. The number of carbonyl (C=O) groups excluding carboxylic acids is 2. The van der Waals surface area contributed by atoms with Gasteiger partial charge in [-0.3, -0.25) is 9.59 Å². The molecule has 1 aliphatic rings. The van der Waals surface area contributed by atoms with Crippen LogP contribution in [-0.4, -0.2) is 54.3 Å². The number of anilines is 1. The normalized spacial score (nSPS) is 15.8. The summed E-state index contributed by atoms with van der Waals surface area (Å²) >= 11 is 0. The second-order valence-corrected chi connectivity index (χ2v) is 5.21. The van der Waals surface area contributed by atoms with E-state index >= 15 is 0 Å². The Labute approximate surface area is 125 Å². The number of hydrogen-bond donors (Lipinski definition) is 1. The lowest BCUT2D eigenvalue weighted by Gasteiger charge is -2.34. The monoisotopic (exact) mass is 289 g/mol. The van der Waals surface area contributed by atoms with E-state index in [2.05, 4.69) is 17.1 Å². The highest BCUT2D eigenvalue weighted by Crippen LogP contribution is 2.14. The summed E-state index contributed by atoms with van der Waals surface area (Å²) in [4.78, 5) is 28.1. The van der Waals surface area contributed by atoms with E-state index in [0.29, 0.717) is 17.7 Å². The van der Waals surface area contributed by atoms with Crippen LogP contribution in [0.25, 0.3) is 0 Å². The van der Waals surface area contributed by atoms with Crippen LogP contribution < -0.4 is 5.32 Å². The van der Waals surface area contributed by atoms with Crippen molar-refractivity contribution in [2.75, 3.05) is 38.0 Å². The Kier molecular flexibility index (Phi) is 5.33. The average molecular weight is 289 g/mol. The maximum atomic E-state index is 12.5. The van der Waals surface area contributed by atoms with Crippen molar-refractivity contribution in [3.05, 3.63) is 29.8 Å². The number of likely N-dealkylation sites (N-methyl/N-ethyl adjacent to an activating group) is 1. The number of nitrogens with one attached hydrogen (secondary N) is 1. The zero-order valence-electron chi connectivity index (χ0n) is 12.8. The minimum atomic E-state index is -0.0452. The lowest BCUT2D eigenvalue weighted by molar-refractivity contribution is -0.115. The standard InChI is InChI=1S/C16H23N3O2/c1-3-15(20)17-14-7-5-6-13(12-14)16(21)19-10-8-18(4-2)9-11-19/h5-7,12H,3-4,8-11H2,1-2H3,(H,17,20). The Morgan fingerprint density at radius 3 is 2.48 bits per heavy atom. The molecule has 0 radical (unpaired) electrons. The number of benzene rings is 1. The predicted octanol–water partition coefficient (Wildman–Crippen LogP) is 1.81. The van der Waals surface area contributed by atoms with Crippen LogP contribution in [0.3, 0.4) is 0 Å². The Morgan fingerprint density at radius 1 is 1.14 bits per heavy atom. The third kappa shape index (κ3) is 4.04. The molecule has 1 N–H and O–H groups in total. The first-order valence-corrected chi connectivity index (χ1v) is 7.55. The average Bonchev–Trinajstić information content (AvgIpc) is 2.54. The zero-order valence-corrected chi connectivity index (χ0v) is 12.8. The first kappa shape index (κ1) is 15.5. The molecule has 0 spiro atoms. The SMILES string of the molecule is CCC(=O)Nc1cccc(C(=O)N2CCN(CC)CC2)c1. The molecule has 0 saturated carbocycles.